The summed E-state index contributed by atoms with van der Waals surface area (Å²) in [4.78, 5) is 36.4. The molecule has 2 aromatic rings. The number of carboxylic acids is 1. The van der Waals surface area contributed by atoms with Gasteiger partial charge in [-0.3, -0.25) is 9.59 Å². The molecule has 0 aromatic heterocycles. The average Bonchev–Trinajstić information content (AvgIpc) is 3.02. The minimum atomic E-state index is -0.966. The highest BCUT2D eigenvalue weighted by molar-refractivity contribution is 5.72. The van der Waals surface area contributed by atoms with Gasteiger partial charge in [0.05, 0.1) is 18.9 Å². The molecule has 0 saturated carbocycles. The van der Waals surface area contributed by atoms with Crippen molar-refractivity contribution in [2.24, 2.45) is 11.8 Å². The summed E-state index contributed by atoms with van der Waals surface area (Å²) in [6.45, 7) is 27.8. The lowest BCUT2D eigenvalue weighted by Gasteiger charge is -2.37. The van der Waals surface area contributed by atoms with Crippen LogP contribution in [0.4, 0.5) is 4.79 Å². The number of likely N-dealkylation sites (tertiary alicyclic amines) is 1. The lowest BCUT2D eigenvalue weighted by Crippen LogP contribution is -2.48. The van der Waals surface area contributed by atoms with Crippen LogP contribution in [-0.2, 0) is 48.8 Å². The largest absolute Gasteiger partial charge is 0.481 e. The minimum Gasteiger partial charge on any atom is -0.481 e. The molecule has 2 saturated heterocycles. The molecule has 0 spiro atoms. The molecule has 2 aliphatic heterocycles. The Balaban J connectivity index is 0.000000281. The number of rotatable bonds is 6. The van der Waals surface area contributed by atoms with Gasteiger partial charge in [-0.05, 0) is 100 Å². The first-order valence-electron chi connectivity index (χ1n) is 19.1. The number of aliphatic carboxylic acids is 1. The zero-order chi connectivity index (χ0) is 39.4. The van der Waals surface area contributed by atoms with E-state index in [0.717, 1.165) is 31.4 Å². The molecule has 1 amide bonds. The van der Waals surface area contributed by atoms with E-state index in [4.69, 9.17) is 4.74 Å². The van der Waals surface area contributed by atoms with Crippen LogP contribution in [0, 0.1) is 11.8 Å². The number of carboxylic acid groups (broad SMARTS) is 2. The molecular weight excluding hydrogens is 652 g/mol. The number of ether oxygens (including phenoxy) is 1. The zero-order valence-electron chi connectivity index (χ0n) is 34.4. The summed E-state index contributed by atoms with van der Waals surface area (Å²) < 4.78 is 4.95. The standard InChI is InChI=1S/C22H33NO4.C22H35NO2/c1-21(2,3)16-9-14(10-17(13-16)22(4,5)6)11-18-12-15(19(24)25)7-8-23(18)20(26)27;1-21(2,3)17-10-15(11-18(14-17)22(4,5)6)12-19-13-16(8-9-23-19)20(24)25-7/h9-10,13,15,18H,7-8,11-12H2,1-6H3,(H,24,25)(H,26,27);10-11,14,16,19,23H,8-9,12-13H2,1-7H3. The second-order valence-corrected chi connectivity index (χ2v) is 19.3. The number of methoxy groups -OCH3 is 1. The third-order valence-corrected chi connectivity index (χ3v) is 10.7. The number of esters is 1. The number of hydrogen-bond donors (Lipinski definition) is 3. The average molecular weight is 721 g/mol. The molecule has 0 bridgehead atoms. The Bertz CT molecular complexity index is 1490. The van der Waals surface area contributed by atoms with Crippen LogP contribution in [-0.4, -0.2) is 65.4 Å². The second kappa shape index (κ2) is 16.7. The number of nitrogens with one attached hydrogen (secondary N) is 1. The van der Waals surface area contributed by atoms with Gasteiger partial charge in [-0.15, -0.1) is 0 Å². The Kier molecular flexibility index (Phi) is 13.8. The number of carbonyl (C=O) groups is 3. The van der Waals surface area contributed by atoms with Crippen LogP contribution in [0.25, 0.3) is 0 Å². The normalized spacial score (nSPS) is 21.5. The summed E-state index contributed by atoms with van der Waals surface area (Å²) in [7, 11) is 1.49. The molecule has 0 aliphatic carbocycles. The van der Waals surface area contributed by atoms with E-state index in [9.17, 15) is 24.6 Å². The van der Waals surface area contributed by atoms with Crippen molar-refractivity contribution in [2.75, 3.05) is 20.2 Å². The number of amides is 1. The maximum absolute atomic E-state index is 11.9. The number of carbonyl (C=O) groups excluding carboxylic acids is 1. The summed E-state index contributed by atoms with van der Waals surface area (Å²) in [5.74, 6) is -1.34. The smallest absolute Gasteiger partial charge is 0.407 e. The maximum Gasteiger partial charge on any atom is 0.407 e. The third kappa shape index (κ3) is 12.1. The van der Waals surface area contributed by atoms with Crippen molar-refractivity contribution in [1.29, 1.82) is 0 Å². The van der Waals surface area contributed by atoms with Gasteiger partial charge < -0.3 is 25.2 Å². The summed E-state index contributed by atoms with van der Waals surface area (Å²) >= 11 is 0. The second-order valence-electron chi connectivity index (χ2n) is 19.3. The van der Waals surface area contributed by atoms with Gasteiger partial charge in [-0.2, -0.15) is 0 Å². The molecule has 2 aromatic carbocycles. The van der Waals surface area contributed by atoms with Crippen LogP contribution in [0.1, 0.15) is 142 Å². The van der Waals surface area contributed by atoms with Crippen LogP contribution in [0.15, 0.2) is 36.4 Å². The SMILES string of the molecule is CC(C)(C)c1cc(CC2CC(C(=O)O)CCN2C(=O)O)cc(C(C)(C)C)c1.COC(=O)C1CCNC(Cc2cc(C(C)(C)C)cc(C(C)(C)C)c2)C1. The predicted molar refractivity (Wildman–Crippen MR) is 211 cm³/mol. The van der Waals surface area contributed by atoms with Crippen molar-refractivity contribution in [3.05, 3.63) is 69.8 Å². The zero-order valence-corrected chi connectivity index (χ0v) is 34.4. The van der Waals surface area contributed by atoms with E-state index in [2.05, 4.69) is 125 Å². The van der Waals surface area contributed by atoms with Crippen LogP contribution in [0.3, 0.4) is 0 Å². The summed E-state index contributed by atoms with van der Waals surface area (Å²) in [5.41, 5.74) is 7.88. The number of piperidine rings is 2. The molecule has 8 heteroatoms. The Morgan fingerprint density at radius 2 is 1.12 bits per heavy atom. The topological polar surface area (TPSA) is 116 Å². The van der Waals surface area contributed by atoms with E-state index < -0.39 is 18.0 Å². The van der Waals surface area contributed by atoms with Gasteiger partial charge in [-0.25, -0.2) is 4.79 Å². The van der Waals surface area contributed by atoms with Crippen molar-refractivity contribution in [3.63, 3.8) is 0 Å². The Morgan fingerprint density at radius 1 is 0.673 bits per heavy atom. The first-order valence-corrected chi connectivity index (χ1v) is 19.1. The van der Waals surface area contributed by atoms with Crippen LogP contribution < -0.4 is 5.32 Å². The van der Waals surface area contributed by atoms with Crippen molar-refractivity contribution in [2.45, 2.75) is 155 Å². The minimum absolute atomic E-state index is 0.0152. The number of hydrogen-bond acceptors (Lipinski definition) is 5. The fourth-order valence-corrected chi connectivity index (χ4v) is 7.17. The summed E-state index contributed by atoms with van der Waals surface area (Å²) in [5, 5.41) is 22.5. The molecule has 4 atom stereocenters. The molecule has 2 aliphatic rings. The maximum atomic E-state index is 11.9. The van der Waals surface area contributed by atoms with Crippen LogP contribution in [0.2, 0.25) is 0 Å². The first-order chi connectivity index (χ1) is 23.8. The van der Waals surface area contributed by atoms with E-state index >= 15 is 0 Å². The first kappa shape index (κ1) is 43.0. The van der Waals surface area contributed by atoms with Crippen LogP contribution in [0.5, 0.6) is 0 Å². The fraction of sp³-hybridized carbons (Fsp3) is 0.659. The Labute approximate surface area is 314 Å². The molecular formula is C44H68N2O6. The monoisotopic (exact) mass is 721 g/mol. The lowest BCUT2D eigenvalue weighted by molar-refractivity contribution is -0.146. The molecule has 3 N–H and O–H groups in total. The summed E-state index contributed by atoms with van der Waals surface area (Å²) in [6.07, 6.45) is 3.02. The van der Waals surface area contributed by atoms with Crippen molar-refractivity contribution in [1.82, 2.24) is 10.2 Å². The van der Waals surface area contributed by atoms with E-state index in [0.29, 0.717) is 25.3 Å². The quantitative estimate of drug-likeness (QED) is 0.255. The van der Waals surface area contributed by atoms with E-state index in [1.54, 1.807) is 0 Å². The van der Waals surface area contributed by atoms with Crippen molar-refractivity contribution in [3.8, 4) is 0 Å². The molecule has 290 valence electrons. The molecule has 8 nitrogen and oxygen atoms in total. The highest BCUT2D eigenvalue weighted by Crippen LogP contribution is 2.34. The van der Waals surface area contributed by atoms with Gasteiger partial charge in [0.1, 0.15) is 0 Å². The van der Waals surface area contributed by atoms with Gasteiger partial charge in [0.2, 0.25) is 0 Å². The molecule has 52 heavy (non-hydrogen) atoms. The van der Waals surface area contributed by atoms with Gasteiger partial charge in [0.15, 0.2) is 0 Å². The Hall–Kier alpha value is -3.39. The van der Waals surface area contributed by atoms with E-state index in [1.165, 1.54) is 39.8 Å². The lowest BCUT2D eigenvalue weighted by atomic mass is 9.78. The predicted octanol–water partition coefficient (Wildman–Crippen LogP) is 9.03. The fourth-order valence-electron chi connectivity index (χ4n) is 7.17. The van der Waals surface area contributed by atoms with Crippen molar-refractivity contribution < 1.29 is 29.3 Å². The molecule has 2 heterocycles. The molecule has 4 rings (SSSR count). The van der Waals surface area contributed by atoms with Gasteiger partial charge in [0, 0.05) is 18.6 Å². The Morgan fingerprint density at radius 3 is 1.50 bits per heavy atom. The number of benzene rings is 2. The van der Waals surface area contributed by atoms with Gasteiger partial charge in [-0.1, -0.05) is 119 Å². The van der Waals surface area contributed by atoms with Gasteiger partial charge in [0.25, 0.3) is 0 Å². The van der Waals surface area contributed by atoms with Crippen molar-refractivity contribution >= 4 is 18.0 Å². The third-order valence-electron chi connectivity index (χ3n) is 10.7. The van der Waals surface area contributed by atoms with E-state index in [1.807, 2.05) is 0 Å². The van der Waals surface area contributed by atoms with E-state index in [-0.39, 0.29) is 46.1 Å². The summed E-state index contributed by atoms with van der Waals surface area (Å²) in [6, 6.07) is 13.6. The number of nitrogens with zero attached hydrogens (tertiary/aromatic N) is 1. The van der Waals surface area contributed by atoms with Crippen LogP contribution >= 0.6 is 0 Å². The molecule has 0 radical (unpaired) electrons. The molecule has 4 unspecified atom stereocenters. The van der Waals surface area contributed by atoms with Gasteiger partial charge >= 0.3 is 18.0 Å². The highest BCUT2D eigenvalue weighted by Gasteiger charge is 2.35. The molecule has 2 fully saturated rings. The highest BCUT2D eigenvalue weighted by atomic mass is 16.5.